The van der Waals surface area contributed by atoms with Crippen LogP contribution >= 0.6 is 0 Å². The number of aliphatic carboxylic acids is 1. The molecule has 2 aromatic rings. The van der Waals surface area contributed by atoms with Crippen molar-refractivity contribution < 1.29 is 14.7 Å². The Labute approximate surface area is 117 Å². The molecule has 2 rings (SSSR count). The van der Waals surface area contributed by atoms with Crippen LogP contribution in [-0.4, -0.2) is 28.5 Å². The lowest BCUT2D eigenvalue weighted by molar-refractivity contribution is -0.141. The Morgan fingerprint density at radius 1 is 1.35 bits per heavy atom. The second-order valence-electron chi connectivity index (χ2n) is 4.78. The Morgan fingerprint density at radius 3 is 2.80 bits per heavy atom. The monoisotopic (exact) mass is 274 g/mol. The van der Waals surface area contributed by atoms with E-state index in [0.29, 0.717) is 12.0 Å². The first-order valence-corrected chi connectivity index (χ1v) is 6.70. The minimum atomic E-state index is -0.869. The standard InChI is InChI=1S/C15H18N2O3/c1-2-5-10(15(19)20)8-17-14(18)12-9-16-13-7-4-3-6-11(12)13/h3-4,6-7,9-10,16H,2,5,8H2,1H3,(H,17,18)(H,19,20). The molecule has 0 bridgehead atoms. The lowest BCUT2D eigenvalue weighted by Crippen LogP contribution is -2.32. The van der Waals surface area contributed by atoms with Gasteiger partial charge in [-0.3, -0.25) is 9.59 Å². The highest BCUT2D eigenvalue weighted by molar-refractivity contribution is 6.06. The molecule has 5 heteroatoms. The largest absolute Gasteiger partial charge is 0.481 e. The summed E-state index contributed by atoms with van der Waals surface area (Å²) >= 11 is 0. The lowest BCUT2D eigenvalue weighted by atomic mass is 10.0. The number of aromatic amines is 1. The van der Waals surface area contributed by atoms with Gasteiger partial charge in [-0.15, -0.1) is 0 Å². The summed E-state index contributed by atoms with van der Waals surface area (Å²) in [5.41, 5.74) is 1.43. The van der Waals surface area contributed by atoms with E-state index < -0.39 is 11.9 Å². The highest BCUT2D eigenvalue weighted by Gasteiger charge is 2.18. The predicted octanol–water partition coefficient (Wildman–Crippen LogP) is 2.40. The Bertz CT molecular complexity index is 618. The van der Waals surface area contributed by atoms with Gasteiger partial charge < -0.3 is 15.4 Å². The Morgan fingerprint density at radius 2 is 2.10 bits per heavy atom. The Kier molecular flexibility index (Phi) is 4.40. The Balaban J connectivity index is 2.06. The summed E-state index contributed by atoms with van der Waals surface area (Å²) in [6.07, 6.45) is 2.99. The third-order valence-corrected chi connectivity index (χ3v) is 3.33. The minimum absolute atomic E-state index is 0.154. The zero-order chi connectivity index (χ0) is 14.5. The van der Waals surface area contributed by atoms with E-state index in [9.17, 15) is 9.59 Å². The number of H-pyrrole nitrogens is 1. The van der Waals surface area contributed by atoms with E-state index in [1.54, 1.807) is 6.20 Å². The molecule has 0 radical (unpaired) electrons. The van der Waals surface area contributed by atoms with Crippen molar-refractivity contribution in [3.63, 3.8) is 0 Å². The van der Waals surface area contributed by atoms with Crippen LogP contribution in [0, 0.1) is 5.92 Å². The molecule has 1 amide bonds. The molecule has 1 unspecified atom stereocenters. The molecule has 1 aromatic carbocycles. The van der Waals surface area contributed by atoms with Crippen LogP contribution in [0.5, 0.6) is 0 Å². The van der Waals surface area contributed by atoms with Gasteiger partial charge in [-0.1, -0.05) is 31.5 Å². The van der Waals surface area contributed by atoms with Gasteiger partial charge >= 0.3 is 5.97 Å². The van der Waals surface area contributed by atoms with Crippen LogP contribution in [0.15, 0.2) is 30.5 Å². The normalized spacial score (nSPS) is 12.2. The highest BCUT2D eigenvalue weighted by atomic mass is 16.4. The third kappa shape index (κ3) is 2.99. The first-order valence-electron chi connectivity index (χ1n) is 6.70. The molecular weight excluding hydrogens is 256 g/mol. The van der Waals surface area contributed by atoms with Crippen molar-refractivity contribution in [1.82, 2.24) is 10.3 Å². The van der Waals surface area contributed by atoms with Crippen molar-refractivity contribution in [3.8, 4) is 0 Å². The van der Waals surface area contributed by atoms with E-state index >= 15 is 0 Å². The smallest absolute Gasteiger partial charge is 0.308 e. The van der Waals surface area contributed by atoms with Crippen molar-refractivity contribution in [2.75, 3.05) is 6.54 Å². The number of benzene rings is 1. The fourth-order valence-electron chi connectivity index (χ4n) is 2.23. The van der Waals surface area contributed by atoms with Crippen molar-refractivity contribution in [3.05, 3.63) is 36.0 Å². The molecule has 1 heterocycles. The second-order valence-corrected chi connectivity index (χ2v) is 4.78. The minimum Gasteiger partial charge on any atom is -0.481 e. The van der Waals surface area contributed by atoms with Crippen molar-refractivity contribution >= 4 is 22.8 Å². The molecule has 0 aliphatic rings. The zero-order valence-corrected chi connectivity index (χ0v) is 11.3. The molecule has 1 atom stereocenters. The fourth-order valence-corrected chi connectivity index (χ4v) is 2.23. The van der Waals surface area contributed by atoms with E-state index in [0.717, 1.165) is 17.3 Å². The highest BCUT2D eigenvalue weighted by Crippen LogP contribution is 2.17. The fraction of sp³-hybridized carbons (Fsp3) is 0.333. The number of aromatic nitrogens is 1. The average molecular weight is 274 g/mol. The predicted molar refractivity (Wildman–Crippen MR) is 76.7 cm³/mol. The lowest BCUT2D eigenvalue weighted by Gasteiger charge is -2.12. The van der Waals surface area contributed by atoms with Gasteiger partial charge in [-0.2, -0.15) is 0 Å². The SMILES string of the molecule is CCCC(CNC(=O)c1c[nH]c2ccccc12)C(=O)O. The van der Waals surface area contributed by atoms with Crippen LogP contribution < -0.4 is 5.32 Å². The summed E-state index contributed by atoms with van der Waals surface area (Å²) in [5, 5.41) is 12.6. The molecule has 0 saturated carbocycles. The molecule has 0 saturated heterocycles. The zero-order valence-electron chi connectivity index (χ0n) is 11.3. The maximum absolute atomic E-state index is 12.1. The van der Waals surface area contributed by atoms with Gasteiger partial charge in [0, 0.05) is 23.6 Å². The van der Waals surface area contributed by atoms with E-state index in [1.165, 1.54) is 0 Å². The molecule has 3 N–H and O–H groups in total. The van der Waals surface area contributed by atoms with Crippen molar-refractivity contribution in [1.29, 1.82) is 0 Å². The van der Waals surface area contributed by atoms with Crippen molar-refractivity contribution in [2.45, 2.75) is 19.8 Å². The topological polar surface area (TPSA) is 82.2 Å². The number of fused-ring (bicyclic) bond motifs is 1. The van der Waals surface area contributed by atoms with Gasteiger partial charge in [-0.05, 0) is 12.5 Å². The number of nitrogens with one attached hydrogen (secondary N) is 2. The van der Waals surface area contributed by atoms with E-state index in [2.05, 4.69) is 10.3 Å². The van der Waals surface area contributed by atoms with Crippen LogP contribution in [0.2, 0.25) is 0 Å². The molecule has 0 spiro atoms. The van der Waals surface area contributed by atoms with Gasteiger partial charge in [0.2, 0.25) is 0 Å². The number of carbonyl (C=O) groups is 2. The number of hydrogen-bond donors (Lipinski definition) is 3. The molecule has 0 aliphatic heterocycles. The summed E-state index contributed by atoms with van der Waals surface area (Å²) < 4.78 is 0. The molecular formula is C15H18N2O3. The number of carbonyl (C=O) groups excluding carboxylic acids is 1. The first-order chi connectivity index (χ1) is 9.63. The quantitative estimate of drug-likeness (QED) is 0.756. The second kappa shape index (κ2) is 6.23. The number of amides is 1. The van der Waals surface area contributed by atoms with Gasteiger partial charge in [0.05, 0.1) is 11.5 Å². The molecule has 20 heavy (non-hydrogen) atoms. The summed E-state index contributed by atoms with van der Waals surface area (Å²) in [6.45, 7) is 2.08. The number of para-hydroxylation sites is 1. The molecule has 1 aromatic heterocycles. The van der Waals surface area contributed by atoms with E-state index in [-0.39, 0.29) is 12.5 Å². The summed E-state index contributed by atoms with van der Waals surface area (Å²) in [6, 6.07) is 7.51. The van der Waals surface area contributed by atoms with E-state index in [4.69, 9.17) is 5.11 Å². The number of carboxylic acids is 1. The number of carboxylic acid groups (broad SMARTS) is 1. The maximum Gasteiger partial charge on any atom is 0.308 e. The van der Waals surface area contributed by atoms with Crippen LogP contribution in [-0.2, 0) is 4.79 Å². The summed E-state index contributed by atoms with van der Waals surface area (Å²) in [4.78, 5) is 26.2. The van der Waals surface area contributed by atoms with Gasteiger partial charge in [0.25, 0.3) is 5.91 Å². The number of hydrogen-bond acceptors (Lipinski definition) is 2. The van der Waals surface area contributed by atoms with Gasteiger partial charge in [0.1, 0.15) is 0 Å². The van der Waals surface area contributed by atoms with Crippen LogP contribution in [0.4, 0.5) is 0 Å². The molecule has 106 valence electrons. The van der Waals surface area contributed by atoms with Crippen molar-refractivity contribution in [2.24, 2.45) is 5.92 Å². The van der Waals surface area contributed by atoms with Gasteiger partial charge in [0.15, 0.2) is 0 Å². The van der Waals surface area contributed by atoms with Crippen LogP contribution in [0.1, 0.15) is 30.1 Å². The van der Waals surface area contributed by atoms with Gasteiger partial charge in [-0.25, -0.2) is 0 Å². The van der Waals surface area contributed by atoms with E-state index in [1.807, 2.05) is 31.2 Å². The molecule has 0 aliphatic carbocycles. The number of rotatable bonds is 6. The average Bonchev–Trinajstić information content (AvgIpc) is 2.86. The maximum atomic E-state index is 12.1. The van der Waals surface area contributed by atoms with Crippen LogP contribution in [0.3, 0.4) is 0 Å². The first kappa shape index (κ1) is 14.1. The summed E-state index contributed by atoms with van der Waals surface area (Å²) in [5.74, 6) is -1.65. The molecule has 5 nitrogen and oxygen atoms in total. The molecule has 0 fully saturated rings. The summed E-state index contributed by atoms with van der Waals surface area (Å²) in [7, 11) is 0. The Hall–Kier alpha value is -2.30. The van der Waals surface area contributed by atoms with Crippen LogP contribution in [0.25, 0.3) is 10.9 Å². The third-order valence-electron chi connectivity index (χ3n) is 3.33.